The third kappa shape index (κ3) is 3.63. The summed E-state index contributed by atoms with van der Waals surface area (Å²) in [5.74, 6) is -0.226. The highest BCUT2D eigenvalue weighted by molar-refractivity contribution is 5.96. The summed E-state index contributed by atoms with van der Waals surface area (Å²) in [5, 5.41) is 11.0. The van der Waals surface area contributed by atoms with Gasteiger partial charge in [0.25, 0.3) is 0 Å². The van der Waals surface area contributed by atoms with Gasteiger partial charge < -0.3 is 9.84 Å². The molecule has 21 heavy (non-hydrogen) atoms. The second kappa shape index (κ2) is 6.93. The van der Waals surface area contributed by atoms with Crippen LogP contribution in [0.15, 0.2) is 42.5 Å². The van der Waals surface area contributed by atoms with E-state index in [2.05, 4.69) is 13.8 Å². The number of carbonyl (C=O) groups is 1. The topological polar surface area (TPSA) is 46.5 Å². The van der Waals surface area contributed by atoms with E-state index in [9.17, 15) is 4.79 Å². The third-order valence-electron chi connectivity index (χ3n) is 3.53. The van der Waals surface area contributed by atoms with Crippen LogP contribution in [0.1, 0.15) is 32.3 Å². The molecule has 2 rings (SSSR count). The zero-order chi connectivity index (χ0) is 15.2. The normalized spacial score (nSPS) is 11.4. The van der Waals surface area contributed by atoms with Crippen molar-refractivity contribution >= 4 is 22.8 Å². The molecule has 3 heteroatoms. The summed E-state index contributed by atoms with van der Waals surface area (Å²) in [6.07, 6.45) is 4.75. The van der Waals surface area contributed by atoms with Gasteiger partial charge in [-0.1, -0.05) is 44.2 Å². The van der Waals surface area contributed by atoms with Gasteiger partial charge in [-0.05, 0) is 35.8 Å². The van der Waals surface area contributed by atoms with Gasteiger partial charge in [0.1, 0.15) is 5.75 Å². The van der Waals surface area contributed by atoms with Crippen molar-refractivity contribution < 1.29 is 14.6 Å². The van der Waals surface area contributed by atoms with Crippen molar-refractivity contribution in [2.24, 2.45) is 0 Å². The van der Waals surface area contributed by atoms with E-state index in [1.807, 2.05) is 36.4 Å². The van der Waals surface area contributed by atoms with Gasteiger partial charge in [-0.3, -0.25) is 0 Å². The van der Waals surface area contributed by atoms with E-state index < -0.39 is 5.97 Å². The number of carboxylic acids is 1. The highest BCUT2D eigenvalue weighted by Crippen LogP contribution is 2.30. The molecule has 0 atom stereocenters. The number of carboxylic acid groups (broad SMARTS) is 1. The van der Waals surface area contributed by atoms with Crippen molar-refractivity contribution in [3.63, 3.8) is 0 Å². The zero-order valence-corrected chi connectivity index (χ0v) is 12.4. The number of hydrogen-bond donors (Lipinski definition) is 1. The Morgan fingerprint density at radius 2 is 1.90 bits per heavy atom. The van der Waals surface area contributed by atoms with E-state index in [1.165, 1.54) is 0 Å². The van der Waals surface area contributed by atoms with Gasteiger partial charge in [0.15, 0.2) is 0 Å². The van der Waals surface area contributed by atoms with Gasteiger partial charge in [0.2, 0.25) is 0 Å². The minimum atomic E-state index is -0.962. The predicted octanol–water partition coefficient (Wildman–Crippen LogP) is 4.51. The fraction of sp³-hybridized carbons (Fsp3) is 0.278. The number of fused-ring (bicyclic) bond motifs is 1. The SMILES string of the molecule is CCC(CC)Oc1ccc2ccccc2c1/C=C/C(=O)O. The van der Waals surface area contributed by atoms with E-state index in [-0.39, 0.29) is 6.10 Å². The molecule has 0 saturated heterocycles. The molecular formula is C18H20O3. The molecule has 0 fully saturated rings. The van der Waals surface area contributed by atoms with Crippen molar-refractivity contribution in [2.75, 3.05) is 0 Å². The van der Waals surface area contributed by atoms with Crippen LogP contribution in [-0.2, 0) is 4.79 Å². The Hall–Kier alpha value is -2.29. The fourth-order valence-electron chi connectivity index (χ4n) is 2.34. The highest BCUT2D eigenvalue weighted by atomic mass is 16.5. The van der Waals surface area contributed by atoms with Crippen LogP contribution in [0, 0.1) is 0 Å². The van der Waals surface area contributed by atoms with Crippen LogP contribution in [0.25, 0.3) is 16.8 Å². The highest BCUT2D eigenvalue weighted by Gasteiger charge is 2.11. The van der Waals surface area contributed by atoms with Gasteiger partial charge in [0.05, 0.1) is 6.10 Å². The van der Waals surface area contributed by atoms with Crippen LogP contribution in [0.5, 0.6) is 5.75 Å². The lowest BCUT2D eigenvalue weighted by atomic mass is 10.0. The summed E-state index contributed by atoms with van der Waals surface area (Å²) < 4.78 is 6.04. The van der Waals surface area contributed by atoms with Crippen molar-refractivity contribution in [1.82, 2.24) is 0 Å². The Kier molecular flexibility index (Phi) is 4.99. The van der Waals surface area contributed by atoms with Crippen molar-refractivity contribution in [2.45, 2.75) is 32.8 Å². The number of benzene rings is 2. The first-order chi connectivity index (χ1) is 10.2. The first kappa shape index (κ1) is 15.1. The van der Waals surface area contributed by atoms with Gasteiger partial charge in [0, 0.05) is 11.6 Å². The lowest BCUT2D eigenvalue weighted by Crippen LogP contribution is -2.14. The molecule has 0 spiro atoms. The molecule has 0 aliphatic rings. The number of rotatable bonds is 6. The molecule has 0 amide bonds. The molecule has 0 radical (unpaired) electrons. The maximum absolute atomic E-state index is 10.8. The van der Waals surface area contributed by atoms with Crippen LogP contribution in [0.2, 0.25) is 0 Å². The Morgan fingerprint density at radius 1 is 1.19 bits per heavy atom. The van der Waals surface area contributed by atoms with E-state index in [0.29, 0.717) is 0 Å². The minimum Gasteiger partial charge on any atom is -0.490 e. The Labute approximate surface area is 124 Å². The van der Waals surface area contributed by atoms with Crippen molar-refractivity contribution in [3.8, 4) is 5.75 Å². The molecular weight excluding hydrogens is 264 g/mol. The zero-order valence-electron chi connectivity index (χ0n) is 12.4. The standard InChI is InChI=1S/C18H20O3/c1-3-14(4-2)21-17-11-9-13-7-5-6-8-15(13)16(17)10-12-18(19)20/h5-12,14H,3-4H2,1-2H3,(H,19,20)/b12-10+. The Bertz CT molecular complexity index is 655. The molecule has 0 heterocycles. The lowest BCUT2D eigenvalue weighted by molar-refractivity contribution is -0.131. The maximum Gasteiger partial charge on any atom is 0.328 e. The first-order valence-electron chi connectivity index (χ1n) is 7.25. The first-order valence-corrected chi connectivity index (χ1v) is 7.25. The van der Waals surface area contributed by atoms with Crippen LogP contribution < -0.4 is 4.74 Å². The van der Waals surface area contributed by atoms with Crippen LogP contribution in [0.4, 0.5) is 0 Å². The summed E-state index contributed by atoms with van der Waals surface area (Å²) in [5.41, 5.74) is 0.822. The van der Waals surface area contributed by atoms with Crippen LogP contribution >= 0.6 is 0 Å². The number of aliphatic carboxylic acids is 1. The molecule has 1 N–H and O–H groups in total. The lowest BCUT2D eigenvalue weighted by Gasteiger charge is -2.18. The van der Waals surface area contributed by atoms with E-state index in [1.54, 1.807) is 6.08 Å². The fourth-order valence-corrected chi connectivity index (χ4v) is 2.34. The quantitative estimate of drug-likeness (QED) is 0.794. The van der Waals surface area contributed by atoms with E-state index in [4.69, 9.17) is 9.84 Å². The maximum atomic E-state index is 10.8. The average Bonchev–Trinajstić information content (AvgIpc) is 2.50. The third-order valence-corrected chi connectivity index (χ3v) is 3.53. The second-order valence-corrected chi connectivity index (χ2v) is 4.93. The summed E-state index contributed by atoms with van der Waals surface area (Å²) in [6, 6.07) is 11.8. The molecule has 110 valence electrons. The number of hydrogen-bond acceptors (Lipinski definition) is 2. The minimum absolute atomic E-state index is 0.142. The Morgan fingerprint density at radius 3 is 2.57 bits per heavy atom. The molecule has 0 aliphatic heterocycles. The van der Waals surface area contributed by atoms with Crippen molar-refractivity contribution in [3.05, 3.63) is 48.0 Å². The molecule has 2 aromatic rings. The van der Waals surface area contributed by atoms with E-state index >= 15 is 0 Å². The second-order valence-electron chi connectivity index (χ2n) is 4.93. The van der Waals surface area contributed by atoms with Gasteiger partial charge in [-0.2, -0.15) is 0 Å². The monoisotopic (exact) mass is 284 g/mol. The predicted molar refractivity (Wildman–Crippen MR) is 85.6 cm³/mol. The smallest absolute Gasteiger partial charge is 0.328 e. The summed E-state index contributed by atoms with van der Waals surface area (Å²) >= 11 is 0. The number of ether oxygens (including phenoxy) is 1. The molecule has 2 aromatic carbocycles. The van der Waals surface area contributed by atoms with Gasteiger partial charge in [-0.25, -0.2) is 4.79 Å². The molecule has 0 aromatic heterocycles. The molecule has 0 saturated carbocycles. The molecule has 3 nitrogen and oxygen atoms in total. The summed E-state index contributed by atoms with van der Waals surface area (Å²) in [7, 11) is 0. The molecule has 0 unspecified atom stereocenters. The van der Waals surface area contributed by atoms with Gasteiger partial charge in [-0.15, -0.1) is 0 Å². The Balaban J connectivity index is 2.52. The molecule has 0 bridgehead atoms. The molecule has 0 aliphatic carbocycles. The largest absolute Gasteiger partial charge is 0.490 e. The summed E-state index contributed by atoms with van der Waals surface area (Å²) in [6.45, 7) is 4.17. The van der Waals surface area contributed by atoms with Gasteiger partial charge >= 0.3 is 5.97 Å². The summed E-state index contributed by atoms with van der Waals surface area (Å²) in [4.78, 5) is 10.8. The van der Waals surface area contributed by atoms with Crippen LogP contribution in [-0.4, -0.2) is 17.2 Å². The van der Waals surface area contributed by atoms with Crippen LogP contribution in [0.3, 0.4) is 0 Å². The average molecular weight is 284 g/mol. The van der Waals surface area contributed by atoms with E-state index in [0.717, 1.165) is 41.0 Å². The van der Waals surface area contributed by atoms with Crippen molar-refractivity contribution in [1.29, 1.82) is 0 Å².